The van der Waals surface area contributed by atoms with Gasteiger partial charge in [-0.05, 0) is 0 Å². The largest absolute Gasteiger partial charge is 0.470 e. The quantitative estimate of drug-likeness (QED) is 0.252. The first-order chi connectivity index (χ1) is 7.64. The van der Waals surface area contributed by atoms with Crippen LogP contribution < -0.4 is 0 Å². The molecule has 10 nitrogen and oxygen atoms in total. The van der Waals surface area contributed by atoms with Crippen LogP contribution in [0.2, 0.25) is 0 Å². The Morgan fingerprint density at radius 3 is 2.00 bits per heavy atom. The SMILES string of the molecule is O=P(O)(O)OCC(COCCO)OP(=O)(O)O. The van der Waals surface area contributed by atoms with Gasteiger partial charge >= 0.3 is 15.6 Å². The summed E-state index contributed by atoms with van der Waals surface area (Å²) in [6, 6.07) is 0. The molecule has 5 N–H and O–H groups in total. The minimum Gasteiger partial charge on any atom is -0.394 e. The normalized spacial score (nSPS) is 14.9. The predicted octanol–water partition coefficient (Wildman–Crippen LogP) is -1.42. The van der Waals surface area contributed by atoms with E-state index in [9.17, 15) is 9.13 Å². The van der Waals surface area contributed by atoms with E-state index >= 15 is 0 Å². The van der Waals surface area contributed by atoms with Crippen molar-refractivity contribution >= 4 is 15.6 Å². The zero-order chi connectivity index (χ0) is 13.5. The van der Waals surface area contributed by atoms with Gasteiger partial charge in [-0.3, -0.25) is 9.05 Å². The van der Waals surface area contributed by atoms with Crippen LogP contribution in [-0.4, -0.2) is 57.2 Å². The van der Waals surface area contributed by atoms with Crippen LogP contribution in [0.4, 0.5) is 0 Å². The first-order valence-corrected chi connectivity index (χ1v) is 7.33. The van der Waals surface area contributed by atoms with E-state index < -0.39 is 35.0 Å². The average molecular weight is 296 g/mol. The van der Waals surface area contributed by atoms with Crippen LogP contribution in [0.15, 0.2) is 0 Å². The third kappa shape index (κ3) is 12.4. The van der Waals surface area contributed by atoms with Crippen molar-refractivity contribution in [1.29, 1.82) is 0 Å². The Hall–Kier alpha value is 0.140. The van der Waals surface area contributed by atoms with E-state index in [-0.39, 0.29) is 13.2 Å². The van der Waals surface area contributed by atoms with Gasteiger partial charge in [0.2, 0.25) is 0 Å². The first kappa shape index (κ1) is 17.1. The van der Waals surface area contributed by atoms with Crippen molar-refractivity contribution in [2.45, 2.75) is 6.10 Å². The molecule has 0 spiro atoms. The van der Waals surface area contributed by atoms with Crippen molar-refractivity contribution in [2.24, 2.45) is 0 Å². The van der Waals surface area contributed by atoms with E-state index in [2.05, 4.69) is 9.05 Å². The molecular formula is C5H14O10P2. The summed E-state index contributed by atoms with van der Waals surface area (Å²) in [5, 5.41) is 8.40. The number of hydrogen-bond acceptors (Lipinski definition) is 6. The van der Waals surface area contributed by atoms with Crippen molar-refractivity contribution in [2.75, 3.05) is 26.4 Å². The third-order valence-electron chi connectivity index (χ3n) is 1.25. The van der Waals surface area contributed by atoms with Crippen LogP contribution in [0.3, 0.4) is 0 Å². The lowest BCUT2D eigenvalue weighted by Gasteiger charge is -2.18. The average Bonchev–Trinajstić information content (AvgIpc) is 2.11. The highest BCUT2D eigenvalue weighted by atomic mass is 31.2. The lowest BCUT2D eigenvalue weighted by atomic mass is 10.4. The van der Waals surface area contributed by atoms with Gasteiger partial charge < -0.3 is 29.4 Å². The Morgan fingerprint density at radius 1 is 1.00 bits per heavy atom. The Labute approximate surface area is 96.6 Å². The van der Waals surface area contributed by atoms with E-state index in [1.54, 1.807) is 0 Å². The van der Waals surface area contributed by atoms with E-state index in [0.717, 1.165) is 0 Å². The smallest absolute Gasteiger partial charge is 0.394 e. The maximum absolute atomic E-state index is 10.5. The molecule has 0 saturated carbocycles. The Morgan fingerprint density at radius 2 is 1.59 bits per heavy atom. The molecule has 0 saturated heterocycles. The monoisotopic (exact) mass is 296 g/mol. The number of phosphoric ester groups is 2. The summed E-state index contributed by atoms with van der Waals surface area (Å²) >= 11 is 0. The molecular weight excluding hydrogens is 282 g/mol. The summed E-state index contributed by atoms with van der Waals surface area (Å²) in [6.07, 6.45) is -1.37. The Balaban J connectivity index is 4.20. The second-order valence-corrected chi connectivity index (χ2v) is 5.23. The summed E-state index contributed by atoms with van der Waals surface area (Å²) in [5.41, 5.74) is 0. The molecule has 0 aromatic rings. The van der Waals surface area contributed by atoms with Gasteiger partial charge in [0.15, 0.2) is 0 Å². The van der Waals surface area contributed by atoms with E-state index in [0.29, 0.717) is 0 Å². The highest BCUT2D eigenvalue weighted by Gasteiger charge is 2.25. The fraction of sp³-hybridized carbons (Fsp3) is 1.00. The fourth-order valence-electron chi connectivity index (χ4n) is 0.763. The molecule has 0 amide bonds. The second kappa shape index (κ2) is 7.55. The first-order valence-electron chi connectivity index (χ1n) is 4.26. The number of aliphatic hydroxyl groups excluding tert-OH is 1. The van der Waals surface area contributed by atoms with Crippen molar-refractivity contribution in [1.82, 2.24) is 0 Å². The maximum atomic E-state index is 10.5. The predicted molar refractivity (Wildman–Crippen MR) is 52.8 cm³/mol. The summed E-state index contributed by atoms with van der Waals surface area (Å²) in [6.45, 7) is -1.59. The summed E-state index contributed by atoms with van der Waals surface area (Å²) < 4.78 is 33.8. The Bertz CT molecular complexity index is 293. The molecule has 1 atom stereocenters. The molecule has 0 fully saturated rings. The van der Waals surface area contributed by atoms with E-state index in [1.165, 1.54) is 0 Å². The zero-order valence-electron chi connectivity index (χ0n) is 8.58. The number of hydrogen-bond donors (Lipinski definition) is 5. The molecule has 17 heavy (non-hydrogen) atoms. The van der Waals surface area contributed by atoms with Gasteiger partial charge in [-0.1, -0.05) is 0 Å². The van der Waals surface area contributed by atoms with E-state index in [1.807, 2.05) is 0 Å². The van der Waals surface area contributed by atoms with Gasteiger partial charge in [0.25, 0.3) is 0 Å². The van der Waals surface area contributed by atoms with Gasteiger partial charge in [0, 0.05) is 0 Å². The second-order valence-electron chi connectivity index (χ2n) is 2.80. The number of aliphatic hydroxyl groups is 1. The Kier molecular flexibility index (Phi) is 7.61. The maximum Gasteiger partial charge on any atom is 0.470 e. The van der Waals surface area contributed by atoms with Crippen molar-refractivity contribution in [3.8, 4) is 0 Å². The summed E-state index contributed by atoms with van der Waals surface area (Å²) in [7, 11) is -9.59. The number of phosphoric acid groups is 2. The highest BCUT2D eigenvalue weighted by molar-refractivity contribution is 7.46. The molecule has 0 aliphatic carbocycles. The molecule has 1 unspecified atom stereocenters. The standard InChI is InChI=1S/C5H14O10P2/c6-1-2-13-3-5(15-17(10,11)12)4-14-16(7,8)9/h5-6H,1-4H2,(H2,7,8,9)(H2,10,11,12). The van der Waals surface area contributed by atoms with Crippen LogP contribution in [0.25, 0.3) is 0 Å². The van der Waals surface area contributed by atoms with Crippen molar-refractivity contribution in [3.05, 3.63) is 0 Å². The lowest BCUT2D eigenvalue weighted by molar-refractivity contribution is -0.00424. The van der Waals surface area contributed by atoms with Crippen LogP contribution in [0, 0.1) is 0 Å². The van der Waals surface area contributed by atoms with Gasteiger partial charge in [-0.25, -0.2) is 9.13 Å². The molecule has 0 bridgehead atoms. The fourth-order valence-corrected chi connectivity index (χ4v) is 1.63. The molecule has 0 rings (SSSR count). The molecule has 0 aliphatic heterocycles. The van der Waals surface area contributed by atoms with Crippen LogP contribution in [0.1, 0.15) is 0 Å². The third-order valence-corrected chi connectivity index (χ3v) is 2.31. The van der Waals surface area contributed by atoms with Crippen molar-refractivity contribution < 1.29 is 47.6 Å². The topological polar surface area (TPSA) is 163 Å². The van der Waals surface area contributed by atoms with Crippen LogP contribution >= 0.6 is 15.6 Å². The molecule has 0 radical (unpaired) electrons. The van der Waals surface area contributed by atoms with E-state index in [4.69, 9.17) is 29.4 Å². The molecule has 0 heterocycles. The van der Waals surface area contributed by atoms with Crippen LogP contribution in [0.5, 0.6) is 0 Å². The van der Waals surface area contributed by atoms with Gasteiger partial charge in [-0.15, -0.1) is 0 Å². The highest BCUT2D eigenvalue weighted by Crippen LogP contribution is 2.40. The zero-order valence-corrected chi connectivity index (χ0v) is 10.4. The van der Waals surface area contributed by atoms with Crippen molar-refractivity contribution in [3.63, 3.8) is 0 Å². The summed E-state index contributed by atoms with van der Waals surface area (Å²) in [4.78, 5) is 33.8. The number of ether oxygens (including phenoxy) is 1. The molecule has 12 heteroatoms. The summed E-state index contributed by atoms with van der Waals surface area (Å²) in [5.74, 6) is 0. The molecule has 0 aromatic carbocycles. The lowest BCUT2D eigenvalue weighted by Crippen LogP contribution is -2.25. The van der Waals surface area contributed by atoms with Crippen LogP contribution in [-0.2, 0) is 22.9 Å². The minimum atomic E-state index is -4.83. The molecule has 104 valence electrons. The number of rotatable bonds is 9. The minimum absolute atomic E-state index is 0.114. The molecule has 0 aliphatic rings. The van der Waals surface area contributed by atoms with Gasteiger partial charge in [0.05, 0.1) is 26.4 Å². The van der Waals surface area contributed by atoms with Gasteiger partial charge in [0.1, 0.15) is 6.10 Å². The molecule has 0 aromatic heterocycles. The van der Waals surface area contributed by atoms with Gasteiger partial charge in [-0.2, -0.15) is 0 Å².